The zero-order valence-corrected chi connectivity index (χ0v) is 13.5. The van der Waals surface area contributed by atoms with Crippen molar-refractivity contribution in [2.24, 2.45) is 5.73 Å². The van der Waals surface area contributed by atoms with Crippen LogP contribution in [-0.4, -0.2) is 18.6 Å². The van der Waals surface area contributed by atoms with Gasteiger partial charge in [-0.15, -0.1) is 11.3 Å². The molecule has 1 atom stereocenters. The lowest BCUT2D eigenvalue weighted by molar-refractivity contribution is 0.191. The van der Waals surface area contributed by atoms with E-state index in [4.69, 9.17) is 10.5 Å². The molecule has 1 aliphatic rings. The van der Waals surface area contributed by atoms with Gasteiger partial charge >= 0.3 is 0 Å². The van der Waals surface area contributed by atoms with Crippen molar-refractivity contribution in [2.45, 2.75) is 32.5 Å². The van der Waals surface area contributed by atoms with E-state index in [0.29, 0.717) is 12.6 Å². The average Bonchev–Trinajstić information content (AvgIpc) is 2.99. The molecule has 1 aromatic carbocycles. The molecule has 0 fully saturated rings. The van der Waals surface area contributed by atoms with Crippen LogP contribution in [0.4, 0.5) is 0 Å². The highest BCUT2D eigenvalue weighted by Crippen LogP contribution is 2.34. The van der Waals surface area contributed by atoms with Crippen LogP contribution in [0.2, 0.25) is 0 Å². The third-order valence-corrected chi connectivity index (χ3v) is 5.36. The van der Waals surface area contributed by atoms with Crippen molar-refractivity contribution in [3.05, 3.63) is 51.2 Å². The Hall–Kier alpha value is -1.36. The van der Waals surface area contributed by atoms with Crippen LogP contribution in [0.1, 0.15) is 34.5 Å². The summed E-state index contributed by atoms with van der Waals surface area (Å²) >= 11 is 1.89. The Morgan fingerprint density at radius 2 is 2.24 bits per heavy atom. The number of nitrogens with two attached hydrogens (primary N) is 1. The number of nitrogens with zero attached hydrogens (tertiary/aromatic N) is 1. The highest BCUT2D eigenvalue weighted by molar-refractivity contribution is 7.10. The number of thiophene rings is 1. The molecule has 2 N–H and O–H groups in total. The lowest BCUT2D eigenvalue weighted by atomic mass is 10.0. The fourth-order valence-electron chi connectivity index (χ4n) is 3.07. The molecule has 0 bridgehead atoms. The van der Waals surface area contributed by atoms with Crippen molar-refractivity contribution in [3.63, 3.8) is 0 Å². The first-order valence-corrected chi connectivity index (χ1v) is 8.27. The van der Waals surface area contributed by atoms with Crippen LogP contribution in [0, 0.1) is 0 Å². The van der Waals surface area contributed by atoms with Crippen LogP contribution < -0.4 is 10.5 Å². The van der Waals surface area contributed by atoms with Crippen molar-refractivity contribution in [1.29, 1.82) is 0 Å². The molecule has 21 heavy (non-hydrogen) atoms. The summed E-state index contributed by atoms with van der Waals surface area (Å²) in [6.45, 7) is 4.89. The third kappa shape index (κ3) is 2.84. The summed E-state index contributed by atoms with van der Waals surface area (Å²) in [6, 6.07) is 9.13. The van der Waals surface area contributed by atoms with E-state index in [1.807, 2.05) is 11.3 Å². The van der Waals surface area contributed by atoms with Crippen molar-refractivity contribution in [1.82, 2.24) is 4.90 Å². The minimum Gasteiger partial charge on any atom is -0.496 e. The predicted octanol–water partition coefficient (Wildman–Crippen LogP) is 3.33. The molecule has 0 saturated carbocycles. The Kier molecular flexibility index (Phi) is 4.29. The monoisotopic (exact) mass is 302 g/mol. The number of ether oxygens (including phenoxy) is 1. The smallest absolute Gasteiger partial charge is 0.123 e. The second-order valence-electron chi connectivity index (χ2n) is 5.55. The number of methoxy groups -OCH3 is 1. The Morgan fingerprint density at radius 1 is 1.38 bits per heavy atom. The van der Waals surface area contributed by atoms with Gasteiger partial charge in [-0.25, -0.2) is 0 Å². The van der Waals surface area contributed by atoms with Crippen LogP contribution in [0.25, 0.3) is 0 Å². The summed E-state index contributed by atoms with van der Waals surface area (Å²) in [6.07, 6.45) is 1.16. The van der Waals surface area contributed by atoms with Crippen molar-refractivity contribution in [2.75, 3.05) is 13.7 Å². The number of hydrogen-bond donors (Lipinski definition) is 1. The number of fused-ring (bicyclic) bond motifs is 1. The van der Waals surface area contributed by atoms with E-state index in [-0.39, 0.29) is 0 Å². The van der Waals surface area contributed by atoms with Gasteiger partial charge in [-0.1, -0.05) is 12.1 Å². The lowest BCUT2D eigenvalue weighted by Crippen LogP contribution is -2.32. The fraction of sp³-hybridized carbons (Fsp3) is 0.412. The van der Waals surface area contributed by atoms with Crippen LogP contribution in [0.3, 0.4) is 0 Å². The topological polar surface area (TPSA) is 38.5 Å². The van der Waals surface area contributed by atoms with Crippen LogP contribution in [0.5, 0.6) is 5.75 Å². The average molecular weight is 302 g/mol. The van der Waals surface area contributed by atoms with Crippen LogP contribution in [-0.2, 0) is 19.5 Å². The first-order valence-electron chi connectivity index (χ1n) is 7.39. The molecule has 2 heterocycles. The highest BCUT2D eigenvalue weighted by Gasteiger charge is 2.24. The summed E-state index contributed by atoms with van der Waals surface area (Å²) in [5.74, 6) is 0.899. The first-order chi connectivity index (χ1) is 10.2. The van der Waals surface area contributed by atoms with E-state index in [9.17, 15) is 0 Å². The van der Waals surface area contributed by atoms with Gasteiger partial charge in [-0.3, -0.25) is 4.90 Å². The quantitative estimate of drug-likeness (QED) is 0.941. The summed E-state index contributed by atoms with van der Waals surface area (Å²) in [5, 5.41) is 2.21. The SMILES string of the molecule is COc1cc(CN2CCc3sccc3C2C)ccc1CN. The normalized spacial score (nSPS) is 18.5. The standard InChI is InChI=1S/C17H22N2OS/c1-12-15-6-8-21-17(15)5-7-19(12)11-13-3-4-14(10-18)16(9-13)20-2/h3-4,6,8-9,12H,5,7,10-11,18H2,1-2H3. The maximum atomic E-state index is 5.73. The van der Waals surface area contributed by atoms with E-state index in [0.717, 1.165) is 30.8 Å². The molecule has 2 aromatic rings. The molecule has 0 spiro atoms. The molecule has 0 saturated heterocycles. The zero-order chi connectivity index (χ0) is 14.8. The molecule has 1 aliphatic heterocycles. The van der Waals surface area contributed by atoms with Gasteiger partial charge in [-0.05, 0) is 42.0 Å². The number of benzene rings is 1. The lowest BCUT2D eigenvalue weighted by Gasteiger charge is -2.33. The van der Waals surface area contributed by atoms with E-state index < -0.39 is 0 Å². The second-order valence-corrected chi connectivity index (χ2v) is 6.55. The van der Waals surface area contributed by atoms with Crippen molar-refractivity contribution in [3.8, 4) is 5.75 Å². The minimum atomic E-state index is 0.486. The molecule has 0 aliphatic carbocycles. The molecule has 0 amide bonds. The molecular weight excluding hydrogens is 280 g/mol. The Morgan fingerprint density at radius 3 is 3.00 bits per heavy atom. The molecular formula is C17H22N2OS. The minimum absolute atomic E-state index is 0.486. The number of hydrogen-bond acceptors (Lipinski definition) is 4. The molecule has 3 rings (SSSR count). The number of rotatable bonds is 4. The van der Waals surface area contributed by atoms with Gasteiger partial charge in [0.2, 0.25) is 0 Å². The summed E-state index contributed by atoms with van der Waals surface area (Å²) in [5.41, 5.74) is 9.58. The molecule has 0 radical (unpaired) electrons. The van der Waals surface area contributed by atoms with E-state index >= 15 is 0 Å². The summed E-state index contributed by atoms with van der Waals surface area (Å²) < 4.78 is 5.44. The predicted molar refractivity (Wildman–Crippen MR) is 87.7 cm³/mol. The van der Waals surface area contributed by atoms with Crippen LogP contribution >= 0.6 is 11.3 Å². The Bertz CT molecular complexity index is 623. The molecule has 3 nitrogen and oxygen atoms in total. The Labute approximate surface area is 130 Å². The van der Waals surface area contributed by atoms with E-state index in [1.54, 1.807) is 12.0 Å². The highest BCUT2D eigenvalue weighted by atomic mass is 32.1. The van der Waals surface area contributed by atoms with Crippen molar-refractivity contribution < 1.29 is 4.74 Å². The maximum Gasteiger partial charge on any atom is 0.123 e. The van der Waals surface area contributed by atoms with Gasteiger partial charge in [0.05, 0.1) is 7.11 Å². The zero-order valence-electron chi connectivity index (χ0n) is 12.6. The van der Waals surface area contributed by atoms with Gasteiger partial charge in [-0.2, -0.15) is 0 Å². The van der Waals surface area contributed by atoms with Crippen LogP contribution in [0.15, 0.2) is 29.6 Å². The molecule has 1 unspecified atom stereocenters. The summed E-state index contributed by atoms with van der Waals surface area (Å²) in [7, 11) is 1.71. The Balaban J connectivity index is 1.78. The van der Waals surface area contributed by atoms with Gasteiger partial charge in [0.15, 0.2) is 0 Å². The molecule has 4 heteroatoms. The van der Waals surface area contributed by atoms with E-state index in [1.165, 1.54) is 11.1 Å². The first kappa shape index (κ1) is 14.6. The van der Waals surface area contributed by atoms with Gasteiger partial charge in [0.1, 0.15) is 5.75 Å². The van der Waals surface area contributed by atoms with Gasteiger partial charge in [0.25, 0.3) is 0 Å². The summed E-state index contributed by atoms with van der Waals surface area (Å²) in [4.78, 5) is 4.08. The molecule has 112 valence electrons. The van der Waals surface area contributed by atoms with Gasteiger partial charge in [0, 0.05) is 36.1 Å². The fourth-order valence-corrected chi connectivity index (χ4v) is 4.03. The second kappa shape index (κ2) is 6.18. The van der Waals surface area contributed by atoms with Crippen molar-refractivity contribution >= 4 is 11.3 Å². The van der Waals surface area contributed by atoms with Gasteiger partial charge < -0.3 is 10.5 Å². The maximum absolute atomic E-state index is 5.73. The largest absolute Gasteiger partial charge is 0.496 e. The third-order valence-electron chi connectivity index (χ3n) is 4.36. The molecule has 1 aromatic heterocycles. The van der Waals surface area contributed by atoms with E-state index in [2.05, 4.69) is 41.5 Å².